The van der Waals surface area contributed by atoms with E-state index in [1.807, 2.05) is 6.92 Å². The Kier molecular flexibility index (Phi) is 4.74. The van der Waals surface area contributed by atoms with Gasteiger partial charge in [0, 0.05) is 13.1 Å². The van der Waals surface area contributed by atoms with Crippen molar-refractivity contribution in [1.29, 1.82) is 0 Å². The summed E-state index contributed by atoms with van der Waals surface area (Å²) in [7, 11) is -1.94. The number of nitrogens with two attached hydrogens (primary N) is 1. The van der Waals surface area contributed by atoms with Crippen molar-refractivity contribution in [2.24, 2.45) is 11.7 Å². The molecular formula is C14H21ClN2O2S. The molecular weight excluding hydrogens is 296 g/mol. The van der Waals surface area contributed by atoms with Crippen LogP contribution in [0.25, 0.3) is 0 Å². The van der Waals surface area contributed by atoms with Crippen molar-refractivity contribution in [2.75, 3.05) is 13.6 Å². The standard InChI is InChI=1S/C14H21ClN2O2S/c1-10-6-7-14(12(15)8-10)20(18,19)17(2)13-5-3-4-11(13)9-16/h6-8,11,13H,3-5,9,16H2,1-2H3. The maximum Gasteiger partial charge on any atom is 0.244 e. The maximum atomic E-state index is 12.7. The monoisotopic (exact) mass is 316 g/mol. The highest BCUT2D eigenvalue weighted by molar-refractivity contribution is 7.89. The molecule has 2 atom stereocenters. The topological polar surface area (TPSA) is 63.4 Å². The first kappa shape index (κ1) is 15.8. The fourth-order valence-electron chi connectivity index (χ4n) is 2.92. The van der Waals surface area contributed by atoms with E-state index in [-0.39, 0.29) is 21.9 Å². The summed E-state index contributed by atoms with van der Waals surface area (Å²) in [5, 5.41) is 0.277. The van der Waals surface area contributed by atoms with Crippen LogP contribution >= 0.6 is 11.6 Å². The number of sulfonamides is 1. The van der Waals surface area contributed by atoms with E-state index in [0.29, 0.717) is 6.54 Å². The van der Waals surface area contributed by atoms with Crippen molar-refractivity contribution in [1.82, 2.24) is 4.31 Å². The molecule has 0 aliphatic heterocycles. The second kappa shape index (κ2) is 6.02. The average molecular weight is 317 g/mol. The van der Waals surface area contributed by atoms with Crippen LogP contribution < -0.4 is 5.73 Å². The zero-order chi connectivity index (χ0) is 14.9. The third-order valence-corrected chi connectivity index (χ3v) is 6.50. The van der Waals surface area contributed by atoms with Crippen LogP contribution in [0.1, 0.15) is 24.8 Å². The number of hydrogen-bond donors (Lipinski definition) is 1. The molecule has 1 saturated carbocycles. The van der Waals surface area contributed by atoms with E-state index < -0.39 is 10.0 Å². The molecule has 112 valence electrons. The third kappa shape index (κ3) is 2.86. The molecule has 0 heterocycles. The molecule has 1 fully saturated rings. The summed E-state index contributed by atoms with van der Waals surface area (Å²) in [6.07, 6.45) is 2.87. The maximum absolute atomic E-state index is 12.7. The van der Waals surface area contributed by atoms with Crippen molar-refractivity contribution < 1.29 is 8.42 Å². The number of hydrogen-bond acceptors (Lipinski definition) is 3. The molecule has 20 heavy (non-hydrogen) atoms. The van der Waals surface area contributed by atoms with Crippen molar-refractivity contribution in [3.8, 4) is 0 Å². The van der Waals surface area contributed by atoms with Gasteiger partial charge in [0.2, 0.25) is 10.0 Å². The van der Waals surface area contributed by atoms with Gasteiger partial charge in [-0.15, -0.1) is 0 Å². The normalized spacial score (nSPS) is 23.4. The Hall–Kier alpha value is -0.620. The van der Waals surface area contributed by atoms with Crippen LogP contribution in [0.2, 0.25) is 5.02 Å². The fourth-order valence-corrected chi connectivity index (χ4v) is 4.94. The highest BCUT2D eigenvalue weighted by Gasteiger charge is 2.36. The molecule has 0 spiro atoms. The van der Waals surface area contributed by atoms with Crippen LogP contribution in [-0.2, 0) is 10.0 Å². The Labute approximate surface area is 126 Å². The van der Waals surface area contributed by atoms with E-state index in [1.54, 1.807) is 25.2 Å². The second-order valence-corrected chi connectivity index (χ2v) is 7.82. The summed E-state index contributed by atoms with van der Waals surface area (Å²) in [6, 6.07) is 5.00. The van der Waals surface area contributed by atoms with Gasteiger partial charge in [-0.25, -0.2) is 8.42 Å². The van der Waals surface area contributed by atoms with E-state index in [1.165, 1.54) is 4.31 Å². The summed E-state index contributed by atoms with van der Waals surface area (Å²) in [5.41, 5.74) is 6.69. The smallest absolute Gasteiger partial charge is 0.244 e. The van der Waals surface area contributed by atoms with Crippen molar-refractivity contribution in [3.05, 3.63) is 28.8 Å². The van der Waals surface area contributed by atoms with E-state index in [0.717, 1.165) is 24.8 Å². The summed E-state index contributed by atoms with van der Waals surface area (Å²) in [6.45, 7) is 2.40. The van der Waals surface area contributed by atoms with Crippen LogP contribution in [0.3, 0.4) is 0 Å². The molecule has 2 N–H and O–H groups in total. The first-order valence-electron chi connectivity index (χ1n) is 6.82. The predicted molar refractivity (Wildman–Crippen MR) is 81.3 cm³/mol. The minimum Gasteiger partial charge on any atom is -0.330 e. The Balaban J connectivity index is 2.34. The van der Waals surface area contributed by atoms with Gasteiger partial charge in [-0.2, -0.15) is 4.31 Å². The van der Waals surface area contributed by atoms with Gasteiger partial charge in [0.05, 0.1) is 5.02 Å². The molecule has 1 aromatic rings. The Morgan fingerprint density at radius 1 is 1.40 bits per heavy atom. The van der Waals surface area contributed by atoms with Gasteiger partial charge in [0.25, 0.3) is 0 Å². The number of rotatable bonds is 4. The summed E-state index contributed by atoms with van der Waals surface area (Å²) >= 11 is 6.10. The van der Waals surface area contributed by atoms with Gasteiger partial charge in [-0.3, -0.25) is 0 Å². The Bertz CT molecular complexity index is 589. The lowest BCUT2D eigenvalue weighted by Gasteiger charge is -2.28. The molecule has 0 amide bonds. The number of nitrogens with zero attached hydrogens (tertiary/aromatic N) is 1. The lowest BCUT2D eigenvalue weighted by molar-refractivity contribution is 0.304. The molecule has 2 unspecified atom stereocenters. The molecule has 2 rings (SSSR count). The Morgan fingerprint density at radius 3 is 2.70 bits per heavy atom. The minimum atomic E-state index is -3.57. The number of aryl methyl sites for hydroxylation is 1. The van der Waals surface area contributed by atoms with Crippen LogP contribution in [-0.4, -0.2) is 32.4 Å². The summed E-state index contributed by atoms with van der Waals surface area (Å²) < 4.78 is 26.9. The van der Waals surface area contributed by atoms with E-state index in [4.69, 9.17) is 17.3 Å². The molecule has 6 heteroatoms. The van der Waals surface area contributed by atoms with E-state index in [2.05, 4.69) is 0 Å². The van der Waals surface area contributed by atoms with Gasteiger partial charge in [0.15, 0.2) is 0 Å². The number of benzene rings is 1. The largest absolute Gasteiger partial charge is 0.330 e. The van der Waals surface area contributed by atoms with Crippen LogP contribution in [0.4, 0.5) is 0 Å². The predicted octanol–water partition coefficient (Wildman–Crippen LogP) is 2.40. The molecule has 0 bridgehead atoms. The van der Waals surface area contributed by atoms with Crippen LogP contribution in [0.5, 0.6) is 0 Å². The number of halogens is 1. The van der Waals surface area contributed by atoms with Gasteiger partial charge in [0.1, 0.15) is 4.90 Å². The molecule has 0 aromatic heterocycles. The summed E-state index contributed by atoms with van der Waals surface area (Å²) in [4.78, 5) is 0.176. The van der Waals surface area contributed by atoms with Crippen LogP contribution in [0.15, 0.2) is 23.1 Å². The SMILES string of the molecule is Cc1ccc(S(=O)(=O)N(C)C2CCCC2CN)c(Cl)c1. The first-order chi connectivity index (χ1) is 9.37. The zero-order valence-electron chi connectivity index (χ0n) is 11.8. The molecule has 1 aromatic carbocycles. The van der Waals surface area contributed by atoms with Gasteiger partial charge < -0.3 is 5.73 Å². The molecule has 0 radical (unpaired) electrons. The van der Waals surface area contributed by atoms with Crippen molar-refractivity contribution >= 4 is 21.6 Å². The molecule has 0 saturated heterocycles. The lowest BCUT2D eigenvalue weighted by atomic mass is 10.0. The molecule has 1 aliphatic rings. The van der Waals surface area contributed by atoms with E-state index in [9.17, 15) is 8.42 Å². The fraction of sp³-hybridized carbons (Fsp3) is 0.571. The Morgan fingerprint density at radius 2 is 2.10 bits per heavy atom. The first-order valence-corrected chi connectivity index (χ1v) is 8.64. The van der Waals surface area contributed by atoms with Crippen molar-refractivity contribution in [2.45, 2.75) is 37.1 Å². The molecule has 4 nitrogen and oxygen atoms in total. The second-order valence-electron chi connectivity index (χ2n) is 5.45. The van der Waals surface area contributed by atoms with Gasteiger partial charge in [-0.1, -0.05) is 24.1 Å². The van der Waals surface area contributed by atoms with Crippen molar-refractivity contribution in [3.63, 3.8) is 0 Å². The van der Waals surface area contributed by atoms with E-state index >= 15 is 0 Å². The minimum absolute atomic E-state index is 0.0256. The summed E-state index contributed by atoms with van der Waals surface area (Å²) in [5.74, 6) is 0.235. The van der Waals surface area contributed by atoms with Crippen LogP contribution in [0, 0.1) is 12.8 Å². The molecule has 1 aliphatic carbocycles. The third-order valence-electron chi connectivity index (χ3n) is 4.13. The average Bonchev–Trinajstić information content (AvgIpc) is 2.85. The highest BCUT2D eigenvalue weighted by atomic mass is 35.5. The van der Waals surface area contributed by atoms with Gasteiger partial charge in [-0.05, 0) is 49.9 Å². The lowest BCUT2D eigenvalue weighted by Crippen LogP contribution is -2.41. The zero-order valence-corrected chi connectivity index (χ0v) is 13.4. The highest BCUT2D eigenvalue weighted by Crippen LogP contribution is 2.33. The quantitative estimate of drug-likeness (QED) is 0.927. The van der Waals surface area contributed by atoms with Gasteiger partial charge >= 0.3 is 0 Å².